The topological polar surface area (TPSA) is 63.3 Å². The summed E-state index contributed by atoms with van der Waals surface area (Å²) in [5.41, 5.74) is 8.00. The van der Waals surface area contributed by atoms with Gasteiger partial charge in [0.05, 0.1) is 5.56 Å². The summed E-state index contributed by atoms with van der Waals surface area (Å²) >= 11 is 0. The number of aromatic carboxylic acids is 1. The van der Waals surface area contributed by atoms with Gasteiger partial charge in [-0.25, -0.2) is 4.79 Å². The van der Waals surface area contributed by atoms with Gasteiger partial charge in [0.2, 0.25) is 0 Å². The zero-order valence-electron chi connectivity index (χ0n) is 7.09. The van der Waals surface area contributed by atoms with Crippen molar-refractivity contribution in [2.75, 3.05) is 5.73 Å². The number of hydrogen-bond acceptors (Lipinski definition) is 2. The number of carboxylic acids is 1. The summed E-state index contributed by atoms with van der Waals surface area (Å²) in [6.07, 6.45) is 0. The predicted octanol–water partition coefficient (Wildman–Crippen LogP) is 1.58. The van der Waals surface area contributed by atoms with Crippen molar-refractivity contribution in [1.29, 1.82) is 0 Å². The van der Waals surface area contributed by atoms with Crippen molar-refractivity contribution < 1.29 is 9.90 Å². The summed E-state index contributed by atoms with van der Waals surface area (Å²) in [5, 5.41) is 8.70. The molecule has 64 valence electrons. The van der Waals surface area contributed by atoms with E-state index >= 15 is 0 Å². The van der Waals surface area contributed by atoms with Crippen LogP contribution < -0.4 is 5.73 Å². The van der Waals surface area contributed by atoms with Crippen LogP contribution in [0.5, 0.6) is 0 Å². The molecule has 0 unspecified atom stereocenters. The molecule has 3 nitrogen and oxygen atoms in total. The van der Waals surface area contributed by atoms with Crippen LogP contribution in [0.25, 0.3) is 0 Å². The maximum atomic E-state index is 10.6. The fraction of sp³-hybridized carbons (Fsp3) is 0.222. The minimum atomic E-state index is -0.976. The Balaban J connectivity index is 3.36. The third kappa shape index (κ3) is 1.25. The summed E-state index contributed by atoms with van der Waals surface area (Å²) in [4.78, 5) is 10.6. The normalized spacial score (nSPS) is 9.83. The number of carbonyl (C=O) groups is 1. The first-order valence-corrected chi connectivity index (χ1v) is 3.63. The molecule has 3 heteroatoms. The number of carboxylic acid groups (broad SMARTS) is 1. The zero-order chi connectivity index (χ0) is 9.30. The standard InChI is InChI=1S/C9H11NO2/c1-5-3-4-7(9(11)12)8(10)6(5)2/h3-4H,10H2,1-2H3,(H,11,12). The van der Waals surface area contributed by atoms with Gasteiger partial charge in [-0.3, -0.25) is 0 Å². The average molecular weight is 165 g/mol. The van der Waals surface area contributed by atoms with E-state index in [1.54, 1.807) is 6.07 Å². The molecule has 1 rings (SSSR count). The minimum Gasteiger partial charge on any atom is -0.478 e. The Hall–Kier alpha value is -1.51. The number of rotatable bonds is 1. The second-order valence-corrected chi connectivity index (χ2v) is 2.77. The molecule has 0 aromatic heterocycles. The van der Waals surface area contributed by atoms with Crippen molar-refractivity contribution in [3.05, 3.63) is 28.8 Å². The molecule has 0 saturated heterocycles. The summed E-state index contributed by atoms with van der Waals surface area (Å²) in [6, 6.07) is 3.29. The molecule has 0 radical (unpaired) electrons. The Morgan fingerprint density at radius 1 is 1.42 bits per heavy atom. The minimum absolute atomic E-state index is 0.179. The Morgan fingerprint density at radius 2 is 2.00 bits per heavy atom. The third-order valence-electron chi connectivity index (χ3n) is 2.02. The number of aryl methyl sites for hydroxylation is 1. The van der Waals surface area contributed by atoms with Crippen molar-refractivity contribution >= 4 is 11.7 Å². The first-order chi connectivity index (χ1) is 5.54. The van der Waals surface area contributed by atoms with Crippen LogP contribution in [0.3, 0.4) is 0 Å². The van der Waals surface area contributed by atoms with E-state index in [2.05, 4.69) is 0 Å². The van der Waals surface area contributed by atoms with Crippen LogP contribution in [0.15, 0.2) is 12.1 Å². The molecule has 0 amide bonds. The van der Waals surface area contributed by atoms with E-state index in [-0.39, 0.29) is 5.56 Å². The maximum Gasteiger partial charge on any atom is 0.337 e. The van der Waals surface area contributed by atoms with Gasteiger partial charge in [-0.05, 0) is 31.0 Å². The smallest absolute Gasteiger partial charge is 0.337 e. The lowest BCUT2D eigenvalue weighted by Gasteiger charge is -2.06. The van der Waals surface area contributed by atoms with Crippen LogP contribution >= 0.6 is 0 Å². The second-order valence-electron chi connectivity index (χ2n) is 2.77. The van der Waals surface area contributed by atoms with Crippen LogP contribution in [0, 0.1) is 13.8 Å². The summed E-state index contributed by atoms with van der Waals surface area (Å²) < 4.78 is 0. The summed E-state index contributed by atoms with van der Waals surface area (Å²) in [7, 11) is 0. The molecule has 0 aliphatic rings. The predicted molar refractivity (Wildman–Crippen MR) is 47.3 cm³/mol. The molecule has 0 spiro atoms. The second kappa shape index (κ2) is 2.85. The summed E-state index contributed by atoms with van der Waals surface area (Å²) in [6.45, 7) is 3.72. The van der Waals surface area contributed by atoms with Crippen molar-refractivity contribution in [1.82, 2.24) is 0 Å². The lowest BCUT2D eigenvalue weighted by Crippen LogP contribution is -2.04. The van der Waals surface area contributed by atoms with Gasteiger partial charge in [0.15, 0.2) is 0 Å². The molecular weight excluding hydrogens is 154 g/mol. The third-order valence-corrected chi connectivity index (χ3v) is 2.02. The number of anilines is 1. The van der Waals surface area contributed by atoms with E-state index in [0.717, 1.165) is 11.1 Å². The van der Waals surface area contributed by atoms with E-state index < -0.39 is 5.97 Å². The van der Waals surface area contributed by atoms with Crippen LogP contribution in [0.4, 0.5) is 5.69 Å². The fourth-order valence-corrected chi connectivity index (χ4v) is 1.02. The highest BCUT2D eigenvalue weighted by atomic mass is 16.4. The highest BCUT2D eigenvalue weighted by Crippen LogP contribution is 2.19. The Morgan fingerprint density at radius 3 is 2.50 bits per heavy atom. The first-order valence-electron chi connectivity index (χ1n) is 3.63. The molecule has 0 bridgehead atoms. The fourth-order valence-electron chi connectivity index (χ4n) is 1.02. The Labute approximate surface area is 70.8 Å². The SMILES string of the molecule is Cc1ccc(C(=O)O)c(N)c1C. The molecule has 0 aliphatic carbocycles. The van der Waals surface area contributed by atoms with Crippen molar-refractivity contribution in [2.45, 2.75) is 13.8 Å². The first kappa shape index (κ1) is 8.59. The molecule has 0 saturated carbocycles. The Kier molecular flexibility index (Phi) is 2.04. The molecule has 0 atom stereocenters. The van der Waals surface area contributed by atoms with E-state index in [9.17, 15) is 4.79 Å². The molecule has 0 aliphatic heterocycles. The largest absolute Gasteiger partial charge is 0.478 e. The monoisotopic (exact) mass is 165 g/mol. The summed E-state index contributed by atoms with van der Waals surface area (Å²) in [5.74, 6) is -0.976. The van der Waals surface area contributed by atoms with Gasteiger partial charge < -0.3 is 10.8 Å². The number of benzene rings is 1. The molecule has 0 heterocycles. The van der Waals surface area contributed by atoms with Gasteiger partial charge in [0.1, 0.15) is 0 Å². The van der Waals surface area contributed by atoms with Crippen molar-refractivity contribution in [3.63, 3.8) is 0 Å². The molecule has 12 heavy (non-hydrogen) atoms. The van der Waals surface area contributed by atoms with Crippen LogP contribution in [0.1, 0.15) is 21.5 Å². The van der Waals surface area contributed by atoms with Gasteiger partial charge in [0, 0.05) is 5.69 Å². The van der Waals surface area contributed by atoms with Gasteiger partial charge >= 0.3 is 5.97 Å². The highest BCUT2D eigenvalue weighted by molar-refractivity contribution is 5.94. The quantitative estimate of drug-likeness (QED) is 0.621. The van der Waals surface area contributed by atoms with E-state index in [1.165, 1.54) is 6.07 Å². The van der Waals surface area contributed by atoms with Crippen LogP contribution in [-0.4, -0.2) is 11.1 Å². The molecule has 1 aromatic carbocycles. The van der Waals surface area contributed by atoms with E-state index in [1.807, 2.05) is 13.8 Å². The van der Waals surface area contributed by atoms with E-state index in [0.29, 0.717) is 5.69 Å². The van der Waals surface area contributed by atoms with Crippen LogP contribution in [-0.2, 0) is 0 Å². The van der Waals surface area contributed by atoms with Gasteiger partial charge in [-0.1, -0.05) is 6.07 Å². The molecule has 3 N–H and O–H groups in total. The number of nitrogen functional groups attached to an aromatic ring is 1. The highest BCUT2D eigenvalue weighted by Gasteiger charge is 2.09. The molecular formula is C9H11NO2. The average Bonchev–Trinajstić information content (AvgIpc) is 2.00. The lowest BCUT2D eigenvalue weighted by atomic mass is 10.0. The molecule has 1 aromatic rings. The van der Waals surface area contributed by atoms with Crippen molar-refractivity contribution in [2.24, 2.45) is 0 Å². The zero-order valence-corrected chi connectivity index (χ0v) is 7.09. The van der Waals surface area contributed by atoms with Gasteiger partial charge in [-0.2, -0.15) is 0 Å². The van der Waals surface area contributed by atoms with Crippen LogP contribution in [0.2, 0.25) is 0 Å². The van der Waals surface area contributed by atoms with Gasteiger partial charge in [0.25, 0.3) is 0 Å². The number of hydrogen-bond donors (Lipinski definition) is 2. The number of nitrogens with two attached hydrogens (primary N) is 1. The maximum absolute atomic E-state index is 10.6. The van der Waals surface area contributed by atoms with E-state index in [4.69, 9.17) is 10.8 Å². The molecule has 0 fully saturated rings. The Bertz CT molecular complexity index is 332. The lowest BCUT2D eigenvalue weighted by molar-refractivity contribution is 0.0698. The van der Waals surface area contributed by atoms with Gasteiger partial charge in [-0.15, -0.1) is 0 Å². The van der Waals surface area contributed by atoms with Crippen molar-refractivity contribution in [3.8, 4) is 0 Å².